The number of alkyl halides is 2. The first-order chi connectivity index (χ1) is 19.0. The predicted molar refractivity (Wildman–Crippen MR) is 135 cm³/mol. The minimum Gasteiger partial charge on any atom is -0.477 e. The number of aromatic nitrogens is 4. The molecular formula is C23H31F2N9O5S. The number of amides is 3. The molecule has 7 atom stereocenters. The number of nitrogens with zero attached hydrogens (tertiary/aromatic N) is 6. The van der Waals surface area contributed by atoms with Crippen LogP contribution in [0, 0.1) is 11.8 Å². The lowest BCUT2D eigenvalue weighted by Gasteiger charge is -2.47. The van der Waals surface area contributed by atoms with E-state index in [0.29, 0.717) is 35.6 Å². The fraction of sp³-hybridized carbons (Fsp3) is 0.696. The van der Waals surface area contributed by atoms with E-state index in [4.69, 9.17) is 5.73 Å². The Bertz CT molecular complexity index is 1240. The van der Waals surface area contributed by atoms with Crippen LogP contribution < -0.4 is 16.4 Å². The number of rotatable bonds is 9. The molecule has 1 unspecified atom stereocenters. The minimum absolute atomic E-state index is 0.00562. The molecule has 3 amide bonds. The lowest BCUT2D eigenvalue weighted by molar-refractivity contribution is -0.158. The molecule has 1 aromatic rings. The van der Waals surface area contributed by atoms with Gasteiger partial charge in [-0.15, -0.1) is 16.9 Å². The number of hydrogen-bond acceptors (Lipinski definition) is 10. The Morgan fingerprint density at radius 2 is 2.08 bits per heavy atom. The number of thioether (sulfide) groups is 1. The monoisotopic (exact) mass is 583 g/mol. The van der Waals surface area contributed by atoms with E-state index < -0.39 is 54.6 Å². The highest BCUT2D eigenvalue weighted by atomic mass is 32.2. The molecule has 0 aliphatic carbocycles. The molecule has 40 heavy (non-hydrogen) atoms. The van der Waals surface area contributed by atoms with Crippen LogP contribution in [0.15, 0.2) is 10.6 Å². The highest BCUT2D eigenvalue weighted by molar-refractivity contribution is 8.03. The van der Waals surface area contributed by atoms with Crippen LogP contribution in [-0.2, 0) is 25.7 Å². The van der Waals surface area contributed by atoms with Gasteiger partial charge in [-0.05, 0) is 30.2 Å². The Morgan fingerprint density at radius 3 is 2.73 bits per heavy atom. The number of tetrazole rings is 1. The number of fused-ring (bicyclic) bond motifs is 1. The average molecular weight is 584 g/mol. The predicted octanol–water partition coefficient (Wildman–Crippen LogP) is -1.09. The maximum absolute atomic E-state index is 13.1. The molecule has 4 aliphatic rings. The van der Waals surface area contributed by atoms with E-state index in [0.717, 1.165) is 6.42 Å². The Balaban J connectivity index is 1.23. The van der Waals surface area contributed by atoms with Crippen LogP contribution in [0.4, 0.5) is 8.78 Å². The van der Waals surface area contributed by atoms with Crippen LogP contribution in [0.3, 0.4) is 0 Å². The molecule has 1 aromatic heterocycles. The third-order valence-electron chi connectivity index (χ3n) is 7.99. The molecule has 5 N–H and O–H groups in total. The number of halogens is 2. The highest BCUT2D eigenvalue weighted by Gasteiger charge is 2.60. The molecule has 5 heterocycles. The summed E-state index contributed by atoms with van der Waals surface area (Å²) in [7, 11) is 0. The van der Waals surface area contributed by atoms with Gasteiger partial charge in [0.25, 0.3) is 6.43 Å². The second-order valence-corrected chi connectivity index (χ2v) is 12.0. The number of nitrogens with two attached hydrogens (primary N) is 1. The van der Waals surface area contributed by atoms with Gasteiger partial charge in [0.15, 0.2) is 0 Å². The molecule has 0 saturated carbocycles. The van der Waals surface area contributed by atoms with E-state index in [2.05, 4.69) is 26.2 Å². The van der Waals surface area contributed by atoms with Crippen molar-refractivity contribution in [1.29, 1.82) is 0 Å². The number of hydrogen-bond donors (Lipinski definition) is 4. The summed E-state index contributed by atoms with van der Waals surface area (Å²) in [6.07, 6.45) is -1.67. The molecule has 14 nitrogen and oxygen atoms in total. The molecule has 0 bridgehead atoms. The Morgan fingerprint density at radius 1 is 1.32 bits per heavy atom. The molecule has 0 spiro atoms. The smallest absolute Gasteiger partial charge is 0.353 e. The minimum atomic E-state index is -2.96. The number of likely N-dealkylation sites (tertiary alicyclic amines) is 1. The number of nitrogens with one attached hydrogen (secondary N) is 2. The number of carboxylic acid groups (broad SMARTS) is 1. The fourth-order valence-corrected chi connectivity index (χ4v) is 7.55. The van der Waals surface area contributed by atoms with E-state index in [-0.39, 0.29) is 34.9 Å². The van der Waals surface area contributed by atoms with Gasteiger partial charge in [0, 0.05) is 47.8 Å². The first-order valence-corrected chi connectivity index (χ1v) is 13.9. The van der Waals surface area contributed by atoms with Crippen molar-refractivity contribution in [2.45, 2.75) is 69.1 Å². The summed E-state index contributed by atoms with van der Waals surface area (Å²) in [5.41, 5.74) is 5.86. The Labute approximate surface area is 232 Å². The van der Waals surface area contributed by atoms with Gasteiger partial charge in [-0.3, -0.25) is 14.4 Å². The van der Waals surface area contributed by atoms with Crippen molar-refractivity contribution >= 4 is 35.5 Å². The van der Waals surface area contributed by atoms with Crippen LogP contribution in [-0.4, -0.2) is 108 Å². The largest absolute Gasteiger partial charge is 0.477 e. The van der Waals surface area contributed by atoms with Crippen LogP contribution in [0.1, 0.15) is 38.9 Å². The van der Waals surface area contributed by atoms with Crippen molar-refractivity contribution in [2.75, 3.05) is 19.6 Å². The van der Waals surface area contributed by atoms with Crippen LogP contribution in [0.5, 0.6) is 0 Å². The average Bonchev–Trinajstić information content (AvgIpc) is 3.67. The van der Waals surface area contributed by atoms with E-state index >= 15 is 0 Å². The molecular weight excluding hydrogens is 552 g/mol. The molecule has 218 valence electrons. The molecule has 0 radical (unpaired) electrons. The van der Waals surface area contributed by atoms with Crippen LogP contribution in [0.25, 0.3) is 0 Å². The summed E-state index contributed by atoms with van der Waals surface area (Å²) in [5, 5.41) is 25.6. The number of carbonyl (C=O) groups excluding carboxylic acids is 3. The fourth-order valence-electron chi connectivity index (χ4n) is 6.07. The van der Waals surface area contributed by atoms with Gasteiger partial charge in [-0.2, -0.15) is 0 Å². The second kappa shape index (κ2) is 11.0. The number of β-lactam (4-membered cyclic amide) rings is 1. The van der Waals surface area contributed by atoms with Gasteiger partial charge in [0.1, 0.15) is 12.2 Å². The van der Waals surface area contributed by atoms with Crippen LogP contribution in [0.2, 0.25) is 0 Å². The summed E-state index contributed by atoms with van der Waals surface area (Å²) < 4.78 is 26.7. The van der Waals surface area contributed by atoms with E-state index in [1.54, 1.807) is 11.8 Å². The maximum Gasteiger partial charge on any atom is 0.353 e. The number of aliphatic carboxylic acids is 1. The Hall–Kier alpha value is -3.18. The summed E-state index contributed by atoms with van der Waals surface area (Å²) >= 11 is 1.37. The lowest BCUT2D eigenvalue weighted by Crippen LogP contribution is -2.66. The quantitative estimate of drug-likeness (QED) is 0.259. The summed E-state index contributed by atoms with van der Waals surface area (Å²) in [6.45, 7) is 4.56. The SMILES string of the molecule is C[C@@H](NC(=O)Cn1nnnc1C(F)F)[C@H]1C(=O)N2C(C(=O)O)=C(S[C@@H]3CN[C@H](C(=O)N4CCC(N)C4)C3)[C@H](C)[C@H]12. The first kappa shape index (κ1) is 28.4. The zero-order chi connectivity index (χ0) is 28.9. The zero-order valence-corrected chi connectivity index (χ0v) is 22.7. The molecule has 4 aliphatic heterocycles. The third-order valence-corrected chi connectivity index (χ3v) is 9.50. The standard InChI is InChI=1S/C23H31F2N9O5S/c1-9-16-15(10(2)28-14(35)8-33-20(19(24)25)29-30-31-33)22(37)34(16)17(23(38)39)18(9)40-12-5-13(27-6-12)21(36)32-4-3-11(26)7-32/h9-13,15-16,19,27H,3-8,26H2,1-2H3,(H,28,35)(H,38,39)/t9-,10-,11?,12+,13+,15-,16-/m1/s1. The summed E-state index contributed by atoms with van der Waals surface area (Å²) in [4.78, 5) is 54.4. The number of carbonyl (C=O) groups is 4. The summed E-state index contributed by atoms with van der Waals surface area (Å²) in [6, 6.07) is -1.58. The molecule has 0 aromatic carbocycles. The van der Waals surface area contributed by atoms with Crippen molar-refractivity contribution < 1.29 is 33.1 Å². The van der Waals surface area contributed by atoms with Crippen molar-refractivity contribution in [3.63, 3.8) is 0 Å². The topological polar surface area (TPSA) is 189 Å². The molecule has 5 rings (SSSR count). The zero-order valence-electron chi connectivity index (χ0n) is 21.9. The third kappa shape index (κ3) is 5.05. The van der Waals surface area contributed by atoms with Gasteiger partial charge in [-0.1, -0.05) is 6.92 Å². The second-order valence-electron chi connectivity index (χ2n) is 10.7. The van der Waals surface area contributed by atoms with Gasteiger partial charge < -0.3 is 31.3 Å². The molecule has 3 saturated heterocycles. The first-order valence-electron chi connectivity index (χ1n) is 13.1. The normalized spacial score (nSPS) is 30.6. The lowest BCUT2D eigenvalue weighted by atomic mass is 9.78. The summed E-state index contributed by atoms with van der Waals surface area (Å²) in [5.74, 6) is -4.09. The van der Waals surface area contributed by atoms with Crippen LogP contribution >= 0.6 is 11.8 Å². The van der Waals surface area contributed by atoms with Gasteiger partial charge in [0.05, 0.1) is 18.0 Å². The van der Waals surface area contributed by atoms with Crippen molar-refractivity contribution in [3.8, 4) is 0 Å². The number of carboxylic acids is 1. The Kier molecular flexibility index (Phi) is 7.80. The van der Waals surface area contributed by atoms with Crippen molar-refractivity contribution in [1.82, 2.24) is 40.6 Å². The molecule has 3 fully saturated rings. The van der Waals surface area contributed by atoms with E-state index in [1.807, 2.05) is 6.92 Å². The van der Waals surface area contributed by atoms with Gasteiger partial charge >= 0.3 is 5.97 Å². The van der Waals surface area contributed by atoms with Crippen molar-refractivity contribution in [2.24, 2.45) is 17.6 Å². The van der Waals surface area contributed by atoms with E-state index in [1.165, 1.54) is 16.7 Å². The maximum atomic E-state index is 13.1. The van der Waals surface area contributed by atoms with Crippen molar-refractivity contribution in [3.05, 3.63) is 16.4 Å². The van der Waals surface area contributed by atoms with E-state index in [9.17, 15) is 33.1 Å². The van der Waals surface area contributed by atoms with Gasteiger partial charge in [-0.25, -0.2) is 18.3 Å². The highest BCUT2D eigenvalue weighted by Crippen LogP contribution is 2.51. The van der Waals surface area contributed by atoms with Gasteiger partial charge in [0.2, 0.25) is 23.5 Å². The molecule has 17 heteroatoms.